The summed E-state index contributed by atoms with van der Waals surface area (Å²) in [5, 5.41) is 0.729. The number of nitrogens with two attached hydrogens (primary N) is 1. The minimum Gasteiger partial charge on any atom is -0.459 e. The Morgan fingerprint density at radius 3 is 2.62 bits per heavy atom. The summed E-state index contributed by atoms with van der Waals surface area (Å²) in [5.41, 5.74) is 6.79. The van der Waals surface area contributed by atoms with E-state index in [1.165, 1.54) is 0 Å². The van der Waals surface area contributed by atoms with Crippen molar-refractivity contribution in [1.82, 2.24) is 0 Å². The summed E-state index contributed by atoms with van der Waals surface area (Å²) in [6, 6.07) is 9.47. The van der Waals surface area contributed by atoms with E-state index in [1.54, 1.807) is 0 Å². The maximum Gasteiger partial charge on any atom is 0.135 e. The second-order valence-corrected chi connectivity index (χ2v) is 5.21. The van der Waals surface area contributed by atoms with Gasteiger partial charge in [-0.2, -0.15) is 0 Å². The van der Waals surface area contributed by atoms with Crippen LogP contribution in [0.15, 0.2) is 34.7 Å². The second kappa shape index (κ2) is 4.77. The predicted molar refractivity (Wildman–Crippen MR) is 74.5 cm³/mol. The molecule has 0 aliphatic carbocycles. The largest absolute Gasteiger partial charge is 0.459 e. The van der Waals surface area contributed by atoms with Crippen LogP contribution in [0.2, 0.25) is 5.02 Å². The average Bonchev–Trinajstić information content (AvgIpc) is 2.66. The van der Waals surface area contributed by atoms with Crippen LogP contribution in [0.1, 0.15) is 18.7 Å². The van der Waals surface area contributed by atoms with Crippen molar-refractivity contribution in [2.24, 2.45) is 5.73 Å². The van der Waals surface area contributed by atoms with E-state index < -0.39 is 0 Å². The molecule has 0 radical (unpaired) electrons. The highest BCUT2D eigenvalue weighted by atomic mass is 127. The first-order valence-electron chi connectivity index (χ1n) is 4.88. The van der Waals surface area contributed by atoms with E-state index in [-0.39, 0.29) is 6.04 Å². The molecule has 0 saturated heterocycles. The van der Waals surface area contributed by atoms with Crippen LogP contribution in [0.4, 0.5) is 0 Å². The number of hydrogen-bond donors (Lipinski definition) is 1. The third-order valence-corrected chi connectivity index (χ3v) is 3.40. The SMILES string of the molecule is CC(N)c1ccc(-c2ccc(Cl)cc2I)o1. The summed E-state index contributed by atoms with van der Waals surface area (Å²) >= 11 is 8.15. The van der Waals surface area contributed by atoms with Crippen molar-refractivity contribution in [1.29, 1.82) is 0 Å². The zero-order valence-electron chi connectivity index (χ0n) is 8.71. The molecule has 2 N–H and O–H groups in total. The Labute approximate surface area is 113 Å². The van der Waals surface area contributed by atoms with Crippen LogP contribution in [-0.2, 0) is 0 Å². The zero-order valence-corrected chi connectivity index (χ0v) is 11.6. The van der Waals surface area contributed by atoms with Gasteiger partial charge in [0.1, 0.15) is 11.5 Å². The molecule has 0 saturated carbocycles. The number of hydrogen-bond acceptors (Lipinski definition) is 2. The van der Waals surface area contributed by atoms with Crippen LogP contribution in [0.25, 0.3) is 11.3 Å². The lowest BCUT2D eigenvalue weighted by Gasteiger charge is -2.03. The first-order valence-corrected chi connectivity index (χ1v) is 6.34. The number of benzene rings is 1. The van der Waals surface area contributed by atoms with Crippen molar-refractivity contribution in [2.75, 3.05) is 0 Å². The Morgan fingerprint density at radius 2 is 2.06 bits per heavy atom. The van der Waals surface area contributed by atoms with Gasteiger partial charge in [0.15, 0.2) is 0 Å². The highest BCUT2D eigenvalue weighted by Crippen LogP contribution is 2.30. The van der Waals surface area contributed by atoms with Crippen molar-refractivity contribution < 1.29 is 4.42 Å². The molecule has 1 heterocycles. The van der Waals surface area contributed by atoms with E-state index in [0.29, 0.717) is 0 Å². The van der Waals surface area contributed by atoms with E-state index >= 15 is 0 Å². The molecule has 2 aromatic rings. The van der Waals surface area contributed by atoms with Gasteiger partial charge in [0.25, 0.3) is 0 Å². The number of furan rings is 1. The van der Waals surface area contributed by atoms with E-state index in [0.717, 1.165) is 25.7 Å². The lowest BCUT2D eigenvalue weighted by Crippen LogP contribution is -2.02. The highest BCUT2D eigenvalue weighted by molar-refractivity contribution is 14.1. The molecule has 2 nitrogen and oxygen atoms in total. The van der Waals surface area contributed by atoms with Crippen LogP contribution in [-0.4, -0.2) is 0 Å². The molecule has 0 spiro atoms. The fourth-order valence-corrected chi connectivity index (χ4v) is 2.57. The quantitative estimate of drug-likeness (QED) is 0.826. The third kappa shape index (κ3) is 2.42. The van der Waals surface area contributed by atoms with Gasteiger partial charge in [0.05, 0.1) is 6.04 Å². The molecule has 84 valence electrons. The first-order chi connectivity index (χ1) is 7.58. The molecule has 0 amide bonds. The Balaban J connectivity index is 2.42. The van der Waals surface area contributed by atoms with E-state index in [2.05, 4.69) is 22.6 Å². The third-order valence-electron chi connectivity index (χ3n) is 2.27. The summed E-state index contributed by atoms with van der Waals surface area (Å²) in [5.74, 6) is 1.62. The van der Waals surface area contributed by atoms with Gasteiger partial charge in [-0.15, -0.1) is 0 Å². The summed E-state index contributed by atoms with van der Waals surface area (Å²) in [7, 11) is 0. The first kappa shape index (κ1) is 12.0. The summed E-state index contributed by atoms with van der Waals surface area (Å²) in [4.78, 5) is 0. The fourth-order valence-electron chi connectivity index (χ4n) is 1.43. The molecular weight excluding hydrogens is 336 g/mol. The summed E-state index contributed by atoms with van der Waals surface area (Å²) in [6.07, 6.45) is 0. The normalized spacial score (nSPS) is 12.8. The Morgan fingerprint density at radius 1 is 1.31 bits per heavy atom. The van der Waals surface area contributed by atoms with Crippen molar-refractivity contribution >= 4 is 34.2 Å². The average molecular weight is 348 g/mol. The minimum absolute atomic E-state index is 0.0845. The van der Waals surface area contributed by atoms with E-state index in [4.69, 9.17) is 21.8 Å². The van der Waals surface area contributed by atoms with Crippen molar-refractivity contribution in [2.45, 2.75) is 13.0 Å². The van der Waals surface area contributed by atoms with Gasteiger partial charge >= 0.3 is 0 Å². The molecule has 1 aromatic carbocycles. The Kier molecular flexibility index (Phi) is 3.56. The monoisotopic (exact) mass is 347 g/mol. The molecule has 16 heavy (non-hydrogen) atoms. The van der Waals surface area contributed by atoms with Crippen LogP contribution in [0.3, 0.4) is 0 Å². The van der Waals surface area contributed by atoms with Gasteiger partial charge in [-0.1, -0.05) is 11.6 Å². The van der Waals surface area contributed by atoms with Gasteiger partial charge in [-0.3, -0.25) is 0 Å². The number of halogens is 2. The van der Waals surface area contributed by atoms with Crippen LogP contribution >= 0.6 is 34.2 Å². The topological polar surface area (TPSA) is 39.2 Å². The fraction of sp³-hybridized carbons (Fsp3) is 0.167. The molecule has 0 bridgehead atoms. The molecular formula is C12H11ClINO. The lowest BCUT2D eigenvalue weighted by molar-refractivity contribution is 0.491. The zero-order chi connectivity index (χ0) is 11.7. The van der Waals surface area contributed by atoms with Crippen molar-refractivity contribution in [3.8, 4) is 11.3 Å². The van der Waals surface area contributed by atoms with Gasteiger partial charge in [-0.25, -0.2) is 0 Å². The van der Waals surface area contributed by atoms with Crippen molar-refractivity contribution in [3.05, 3.63) is 44.7 Å². The highest BCUT2D eigenvalue weighted by Gasteiger charge is 2.10. The second-order valence-electron chi connectivity index (χ2n) is 3.61. The maximum atomic E-state index is 5.90. The van der Waals surface area contributed by atoms with Crippen LogP contribution in [0.5, 0.6) is 0 Å². The molecule has 1 atom stereocenters. The molecule has 0 aliphatic heterocycles. The van der Waals surface area contributed by atoms with Gasteiger partial charge in [0, 0.05) is 14.2 Å². The van der Waals surface area contributed by atoms with Crippen LogP contribution < -0.4 is 5.73 Å². The Bertz CT molecular complexity index is 507. The summed E-state index contributed by atoms with van der Waals surface area (Å²) < 4.78 is 6.74. The molecule has 2 rings (SSSR count). The smallest absolute Gasteiger partial charge is 0.135 e. The van der Waals surface area contributed by atoms with Gasteiger partial charge < -0.3 is 10.2 Å². The van der Waals surface area contributed by atoms with E-state index in [1.807, 2.05) is 37.3 Å². The standard InChI is InChI=1S/C12H11ClINO/c1-7(15)11-4-5-12(16-11)9-3-2-8(13)6-10(9)14/h2-7H,15H2,1H3. The predicted octanol–water partition coefficient (Wildman–Crippen LogP) is 4.22. The molecule has 0 fully saturated rings. The molecule has 4 heteroatoms. The minimum atomic E-state index is -0.0845. The van der Waals surface area contributed by atoms with Crippen LogP contribution in [0, 0.1) is 3.57 Å². The lowest BCUT2D eigenvalue weighted by atomic mass is 10.2. The summed E-state index contributed by atoms with van der Waals surface area (Å²) in [6.45, 7) is 1.90. The van der Waals surface area contributed by atoms with Gasteiger partial charge in [-0.05, 0) is 59.8 Å². The maximum absolute atomic E-state index is 5.90. The van der Waals surface area contributed by atoms with Gasteiger partial charge in [0.2, 0.25) is 0 Å². The van der Waals surface area contributed by atoms with Crippen molar-refractivity contribution in [3.63, 3.8) is 0 Å². The number of rotatable bonds is 2. The molecule has 1 unspecified atom stereocenters. The molecule has 0 aliphatic rings. The van der Waals surface area contributed by atoms with E-state index in [9.17, 15) is 0 Å². The molecule has 1 aromatic heterocycles. The Hall–Kier alpha value is -0.520.